The van der Waals surface area contributed by atoms with Crippen molar-refractivity contribution in [1.82, 2.24) is 0 Å². The highest BCUT2D eigenvalue weighted by Crippen LogP contribution is 2.53. The molecule has 1 saturated carbocycles. The van der Waals surface area contributed by atoms with Crippen LogP contribution in [0.3, 0.4) is 0 Å². The van der Waals surface area contributed by atoms with Crippen LogP contribution in [-0.2, 0) is 9.53 Å². The number of rotatable bonds is 8. The van der Waals surface area contributed by atoms with Gasteiger partial charge in [-0.1, -0.05) is 6.92 Å². The van der Waals surface area contributed by atoms with Gasteiger partial charge in [0.25, 0.3) is 0 Å². The number of furan rings is 1. The molecule has 1 fully saturated rings. The van der Waals surface area contributed by atoms with E-state index in [4.69, 9.17) is 14.9 Å². The minimum atomic E-state index is -0.113. The van der Waals surface area contributed by atoms with Crippen LogP contribution < -0.4 is 5.73 Å². The van der Waals surface area contributed by atoms with Crippen molar-refractivity contribution in [1.29, 1.82) is 0 Å². The molecule has 2 N–H and O–H groups in total. The molecule has 0 aliphatic heterocycles. The van der Waals surface area contributed by atoms with Crippen molar-refractivity contribution >= 4 is 17.7 Å². The summed E-state index contributed by atoms with van der Waals surface area (Å²) in [4.78, 5) is 11.5. The van der Waals surface area contributed by atoms with Gasteiger partial charge in [-0.05, 0) is 43.7 Å². The fourth-order valence-electron chi connectivity index (χ4n) is 2.43. The Labute approximate surface area is 130 Å². The van der Waals surface area contributed by atoms with E-state index in [2.05, 4.69) is 6.92 Å². The molecule has 2 rings (SSSR count). The molecule has 118 valence electrons. The Bertz CT molecular complexity index is 482. The lowest BCUT2D eigenvalue weighted by Crippen LogP contribution is -2.26. The van der Waals surface area contributed by atoms with Gasteiger partial charge in [0.1, 0.15) is 11.5 Å². The summed E-state index contributed by atoms with van der Waals surface area (Å²) >= 11 is 1.82. The monoisotopic (exact) mass is 311 g/mol. The molecular formula is C16H25NO3S. The molecule has 0 bridgehead atoms. The molecule has 0 aromatic carbocycles. The number of hydrogen-bond acceptors (Lipinski definition) is 5. The first-order valence-electron chi connectivity index (χ1n) is 7.50. The zero-order chi connectivity index (χ0) is 15.5. The number of nitrogens with two attached hydrogens (primary N) is 1. The van der Waals surface area contributed by atoms with E-state index in [0.717, 1.165) is 36.5 Å². The Morgan fingerprint density at radius 2 is 2.24 bits per heavy atom. The Hall–Kier alpha value is -0.940. The third-order valence-electron chi connectivity index (χ3n) is 4.18. The average molecular weight is 311 g/mol. The van der Waals surface area contributed by atoms with Crippen LogP contribution in [0.15, 0.2) is 16.5 Å². The van der Waals surface area contributed by atoms with Crippen molar-refractivity contribution < 1.29 is 13.9 Å². The number of methoxy groups -OCH3 is 1. The van der Waals surface area contributed by atoms with Gasteiger partial charge in [0.05, 0.1) is 18.8 Å². The van der Waals surface area contributed by atoms with Gasteiger partial charge < -0.3 is 14.9 Å². The fourth-order valence-corrected chi connectivity index (χ4v) is 4.09. The van der Waals surface area contributed by atoms with Gasteiger partial charge in [-0.25, -0.2) is 0 Å². The summed E-state index contributed by atoms with van der Waals surface area (Å²) in [6.07, 6.45) is 3.61. The molecule has 1 heterocycles. The quantitative estimate of drug-likeness (QED) is 0.745. The largest absolute Gasteiger partial charge is 0.469 e. The van der Waals surface area contributed by atoms with Crippen LogP contribution in [0.5, 0.6) is 0 Å². The van der Waals surface area contributed by atoms with Gasteiger partial charge in [0.15, 0.2) is 0 Å². The molecule has 1 aliphatic carbocycles. The average Bonchev–Trinajstić information content (AvgIpc) is 3.10. The molecule has 5 heteroatoms. The lowest BCUT2D eigenvalue weighted by Gasteiger charge is -2.23. The van der Waals surface area contributed by atoms with Crippen molar-refractivity contribution in [2.75, 3.05) is 12.9 Å². The van der Waals surface area contributed by atoms with Crippen LogP contribution >= 0.6 is 11.8 Å². The molecule has 0 spiro atoms. The number of carbonyl (C=O) groups excluding carboxylic acids is 1. The number of esters is 1. The highest BCUT2D eigenvalue weighted by molar-refractivity contribution is 7.99. The maximum atomic E-state index is 11.5. The summed E-state index contributed by atoms with van der Waals surface area (Å²) in [5, 5.41) is 0.152. The molecule has 1 aromatic rings. The maximum Gasteiger partial charge on any atom is 0.306 e. The van der Waals surface area contributed by atoms with Crippen LogP contribution in [0.2, 0.25) is 0 Å². The second kappa shape index (κ2) is 6.88. The Morgan fingerprint density at radius 3 is 2.71 bits per heavy atom. The molecule has 1 aromatic heterocycles. The lowest BCUT2D eigenvalue weighted by atomic mass is 10.1. The zero-order valence-corrected chi connectivity index (χ0v) is 13.9. The number of ether oxygens (including phenoxy) is 1. The first kappa shape index (κ1) is 16.4. The predicted molar refractivity (Wildman–Crippen MR) is 85.2 cm³/mol. The van der Waals surface area contributed by atoms with Crippen LogP contribution in [0.1, 0.15) is 49.4 Å². The Kier molecular flexibility index (Phi) is 5.38. The summed E-state index contributed by atoms with van der Waals surface area (Å²) < 4.78 is 10.6. The SMILES string of the molecule is CCC(N)C(SCC1(CC(=O)OC)CC1)c1ccc(C)o1. The molecule has 21 heavy (non-hydrogen) atoms. The van der Waals surface area contributed by atoms with Crippen molar-refractivity contribution in [3.05, 3.63) is 23.7 Å². The van der Waals surface area contributed by atoms with Crippen LogP contribution in [0.25, 0.3) is 0 Å². The molecular weight excluding hydrogens is 286 g/mol. The topological polar surface area (TPSA) is 65.5 Å². The minimum Gasteiger partial charge on any atom is -0.469 e. The number of carbonyl (C=O) groups is 1. The third kappa shape index (κ3) is 4.27. The smallest absolute Gasteiger partial charge is 0.306 e. The van der Waals surface area contributed by atoms with Crippen molar-refractivity contribution in [3.63, 3.8) is 0 Å². The van der Waals surface area contributed by atoms with E-state index < -0.39 is 0 Å². The summed E-state index contributed by atoms with van der Waals surface area (Å²) in [6, 6.07) is 4.06. The van der Waals surface area contributed by atoms with E-state index >= 15 is 0 Å². The van der Waals surface area contributed by atoms with E-state index in [1.165, 1.54) is 7.11 Å². The number of thioether (sulfide) groups is 1. The second-order valence-corrected chi connectivity index (χ2v) is 7.13. The van der Waals surface area contributed by atoms with Gasteiger partial charge in [-0.15, -0.1) is 11.8 Å². The zero-order valence-electron chi connectivity index (χ0n) is 13.1. The molecule has 0 radical (unpaired) electrons. The summed E-state index contributed by atoms with van der Waals surface area (Å²) in [6.45, 7) is 4.04. The summed E-state index contributed by atoms with van der Waals surface area (Å²) in [7, 11) is 1.45. The van der Waals surface area contributed by atoms with Crippen molar-refractivity contribution in [3.8, 4) is 0 Å². The van der Waals surface area contributed by atoms with Crippen LogP contribution in [-0.4, -0.2) is 24.9 Å². The van der Waals surface area contributed by atoms with Crippen molar-refractivity contribution in [2.45, 2.75) is 50.8 Å². The van der Waals surface area contributed by atoms with E-state index in [1.807, 2.05) is 30.8 Å². The predicted octanol–water partition coefficient (Wildman–Crippen LogP) is 3.44. The Morgan fingerprint density at radius 1 is 1.52 bits per heavy atom. The van der Waals surface area contributed by atoms with Crippen LogP contribution in [0, 0.1) is 12.3 Å². The molecule has 4 nitrogen and oxygen atoms in total. The third-order valence-corrected chi connectivity index (χ3v) is 5.90. The summed E-state index contributed by atoms with van der Waals surface area (Å²) in [5.41, 5.74) is 6.38. The van der Waals surface area contributed by atoms with E-state index in [9.17, 15) is 4.79 Å². The summed E-state index contributed by atoms with van der Waals surface area (Å²) in [5.74, 6) is 2.67. The normalized spacial score (nSPS) is 19.0. The first-order chi connectivity index (χ1) is 9.99. The Balaban J connectivity index is 1.98. The van der Waals surface area contributed by atoms with Gasteiger partial charge >= 0.3 is 5.97 Å². The van der Waals surface area contributed by atoms with E-state index in [1.54, 1.807) is 0 Å². The molecule has 0 saturated heterocycles. The molecule has 2 atom stereocenters. The molecule has 2 unspecified atom stereocenters. The van der Waals surface area contributed by atoms with Crippen LogP contribution in [0.4, 0.5) is 0 Å². The first-order valence-corrected chi connectivity index (χ1v) is 8.55. The molecule has 0 amide bonds. The molecule has 1 aliphatic rings. The number of aryl methyl sites for hydroxylation is 1. The van der Waals surface area contributed by atoms with Gasteiger partial charge in [-0.2, -0.15) is 0 Å². The van der Waals surface area contributed by atoms with Crippen molar-refractivity contribution in [2.24, 2.45) is 11.1 Å². The van der Waals surface area contributed by atoms with E-state index in [-0.39, 0.29) is 22.7 Å². The van der Waals surface area contributed by atoms with Gasteiger partial charge in [0, 0.05) is 11.8 Å². The van der Waals surface area contributed by atoms with Gasteiger partial charge in [0.2, 0.25) is 0 Å². The highest BCUT2D eigenvalue weighted by Gasteiger charge is 2.45. The number of hydrogen-bond donors (Lipinski definition) is 1. The van der Waals surface area contributed by atoms with Gasteiger partial charge in [-0.3, -0.25) is 4.79 Å². The maximum absolute atomic E-state index is 11.5. The second-order valence-electron chi connectivity index (χ2n) is 6.01. The minimum absolute atomic E-state index is 0.0643. The lowest BCUT2D eigenvalue weighted by molar-refractivity contribution is -0.141. The highest BCUT2D eigenvalue weighted by atomic mass is 32.2. The van der Waals surface area contributed by atoms with E-state index in [0.29, 0.717) is 6.42 Å². The standard InChI is InChI=1S/C16H25NO3S/c1-4-12(17)15(13-6-5-11(2)20-13)21-10-16(7-8-16)9-14(18)19-3/h5-6,12,15H,4,7-10,17H2,1-3H3. The fraction of sp³-hybridized carbons (Fsp3) is 0.688.